The first-order valence-corrected chi connectivity index (χ1v) is 9.24. The minimum atomic E-state index is -0.501. The van der Waals surface area contributed by atoms with Crippen molar-refractivity contribution in [3.63, 3.8) is 0 Å². The van der Waals surface area contributed by atoms with Crippen LogP contribution in [0.5, 0.6) is 5.75 Å². The molecule has 0 radical (unpaired) electrons. The lowest BCUT2D eigenvalue weighted by atomic mass is 9.88. The molecule has 2 atom stereocenters. The summed E-state index contributed by atoms with van der Waals surface area (Å²) in [6.45, 7) is 0.913. The van der Waals surface area contributed by atoms with Gasteiger partial charge in [0.05, 0.1) is 11.3 Å². The SMILES string of the molecule is CNCC1CCCCC(c2nc(-c3cc(F)ccc3O)nc(N)c2C#N)C1. The van der Waals surface area contributed by atoms with E-state index in [2.05, 4.69) is 21.4 Å². The number of nitrogens with two attached hydrogens (primary N) is 1. The van der Waals surface area contributed by atoms with E-state index in [0.717, 1.165) is 38.6 Å². The standard InChI is InChI=1S/C20H24FN5O/c1-24-11-12-4-2-3-5-13(8-12)18-16(10-22)19(23)26-20(25-18)15-9-14(21)6-7-17(15)27/h6-7,9,12-13,24,27H,2-5,8,11H2,1H3,(H2,23,25,26). The predicted octanol–water partition coefficient (Wildman–Crippen LogP) is 3.33. The van der Waals surface area contributed by atoms with Gasteiger partial charge in [-0.25, -0.2) is 14.4 Å². The van der Waals surface area contributed by atoms with Crippen LogP contribution < -0.4 is 11.1 Å². The molecule has 1 aliphatic rings. The molecule has 1 aromatic heterocycles. The fourth-order valence-corrected chi connectivity index (χ4v) is 3.90. The van der Waals surface area contributed by atoms with Gasteiger partial charge in [-0.05, 0) is 57.0 Å². The molecule has 2 aromatic rings. The zero-order valence-corrected chi connectivity index (χ0v) is 15.4. The number of halogens is 1. The van der Waals surface area contributed by atoms with E-state index < -0.39 is 5.82 Å². The Labute approximate surface area is 158 Å². The second-order valence-electron chi connectivity index (χ2n) is 7.11. The number of aromatic nitrogens is 2. The molecular weight excluding hydrogens is 345 g/mol. The van der Waals surface area contributed by atoms with Crippen molar-refractivity contribution in [1.29, 1.82) is 5.26 Å². The van der Waals surface area contributed by atoms with Crippen LogP contribution in [0.15, 0.2) is 18.2 Å². The third-order valence-corrected chi connectivity index (χ3v) is 5.19. The summed E-state index contributed by atoms with van der Waals surface area (Å²) in [6.07, 6.45) is 5.15. The Morgan fingerprint density at radius 2 is 2.11 bits per heavy atom. The van der Waals surface area contributed by atoms with Crippen molar-refractivity contribution in [3.8, 4) is 23.2 Å². The number of benzene rings is 1. The molecule has 142 valence electrons. The zero-order chi connectivity index (χ0) is 19.4. The summed E-state index contributed by atoms with van der Waals surface area (Å²) in [5.74, 6) is 0.166. The summed E-state index contributed by atoms with van der Waals surface area (Å²) in [4.78, 5) is 8.73. The number of rotatable bonds is 4. The maximum atomic E-state index is 13.7. The minimum Gasteiger partial charge on any atom is -0.507 e. The summed E-state index contributed by atoms with van der Waals surface area (Å²) in [6, 6.07) is 5.74. The zero-order valence-electron chi connectivity index (χ0n) is 15.4. The van der Waals surface area contributed by atoms with Gasteiger partial charge in [-0.1, -0.05) is 12.8 Å². The number of hydrogen-bond donors (Lipinski definition) is 3. The van der Waals surface area contributed by atoms with Crippen LogP contribution in [0.4, 0.5) is 10.2 Å². The number of nitrogens with zero attached hydrogens (tertiary/aromatic N) is 3. The van der Waals surface area contributed by atoms with Crippen molar-refractivity contribution >= 4 is 5.82 Å². The van der Waals surface area contributed by atoms with Crippen molar-refractivity contribution < 1.29 is 9.50 Å². The van der Waals surface area contributed by atoms with Crippen LogP contribution in [-0.4, -0.2) is 28.7 Å². The number of nitrogens with one attached hydrogen (secondary N) is 1. The fraction of sp³-hybridized carbons (Fsp3) is 0.450. The number of phenols is 1. The van der Waals surface area contributed by atoms with E-state index in [1.54, 1.807) is 0 Å². The Bertz CT molecular complexity index is 864. The molecule has 0 aliphatic heterocycles. The first-order chi connectivity index (χ1) is 13.0. The Balaban J connectivity index is 2.07. The first-order valence-electron chi connectivity index (χ1n) is 9.24. The third-order valence-electron chi connectivity index (χ3n) is 5.19. The normalized spacial score (nSPS) is 20.0. The molecule has 27 heavy (non-hydrogen) atoms. The number of phenolic OH excluding ortho intramolecular Hbond substituents is 1. The van der Waals surface area contributed by atoms with Crippen LogP contribution in [0, 0.1) is 23.1 Å². The average Bonchev–Trinajstić information content (AvgIpc) is 2.89. The van der Waals surface area contributed by atoms with Gasteiger partial charge in [0, 0.05) is 5.92 Å². The highest BCUT2D eigenvalue weighted by Crippen LogP contribution is 2.38. The first kappa shape index (κ1) is 19.1. The number of hydrogen-bond acceptors (Lipinski definition) is 6. The Morgan fingerprint density at radius 1 is 1.33 bits per heavy atom. The summed E-state index contributed by atoms with van der Waals surface area (Å²) in [5.41, 5.74) is 7.10. The highest BCUT2D eigenvalue weighted by atomic mass is 19.1. The molecule has 2 unspecified atom stereocenters. The Kier molecular flexibility index (Phi) is 5.87. The minimum absolute atomic E-state index is 0.0653. The van der Waals surface area contributed by atoms with Crippen LogP contribution >= 0.6 is 0 Å². The highest BCUT2D eigenvalue weighted by Gasteiger charge is 2.27. The molecular formula is C20H24FN5O. The average molecular weight is 369 g/mol. The van der Waals surface area contributed by atoms with Gasteiger partial charge in [0.15, 0.2) is 5.82 Å². The van der Waals surface area contributed by atoms with E-state index in [1.165, 1.54) is 18.2 Å². The highest BCUT2D eigenvalue weighted by molar-refractivity contribution is 5.67. The van der Waals surface area contributed by atoms with Crippen molar-refractivity contribution in [3.05, 3.63) is 35.3 Å². The molecule has 7 heteroatoms. The number of anilines is 1. The lowest BCUT2D eigenvalue weighted by Crippen LogP contribution is -2.20. The van der Waals surface area contributed by atoms with E-state index in [0.29, 0.717) is 11.6 Å². The molecule has 0 bridgehead atoms. The summed E-state index contributed by atoms with van der Waals surface area (Å²) in [7, 11) is 1.94. The van der Waals surface area contributed by atoms with Gasteiger partial charge in [-0.3, -0.25) is 0 Å². The predicted molar refractivity (Wildman–Crippen MR) is 101 cm³/mol. The lowest BCUT2D eigenvalue weighted by molar-refractivity contribution is 0.415. The van der Waals surface area contributed by atoms with Crippen LogP contribution in [0.2, 0.25) is 0 Å². The molecule has 1 aromatic carbocycles. The van der Waals surface area contributed by atoms with E-state index >= 15 is 0 Å². The number of aromatic hydroxyl groups is 1. The second kappa shape index (κ2) is 8.31. The van der Waals surface area contributed by atoms with E-state index in [4.69, 9.17) is 5.73 Å². The Morgan fingerprint density at radius 3 is 2.85 bits per heavy atom. The number of nitriles is 1. The second-order valence-corrected chi connectivity index (χ2v) is 7.11. The van der Waals surface area contributed by atoms with Crippen molar-refractivity contribution in [2.75, 3.05) is 19.3 Å². The van der Waals surface area contributed by atoms with Gasteiger partial charge in [-0.15, -0.1) is 0 Å². The van der Waals surface area contributed by atoms with Crippen molar-refractivity contribution in [1.82, 2.24) is 15.3 Å². The third kappa shape index (κ3) is 4.17. The molecule has 0 amide bonds. The van der Waals surface area contributed by atoms with Crippen LogP contribution in [0.1, 0.15) is 49.3 Å². The maximum absolute atomic E-state index is 13.7. The summed E-state index contributed by atoms with van der Waals surface area (Å²) >= 11 is 0. The monoisotopic (exact) mass is 369 g/mol. The molecule has 0 saturated heterocycles. The quantitative estimate of drug-likeness (QED) is 0.714. The van der Waals surface area contributed by atoms with Gasteiger partial charge in [-0.2, -0.15) is 5.26 Å². The van der Waals surface area contributed by atoms with Gasteiger partial charge in [0.25, 0.3) is 0 Å². The molecule has 1 saturated carbocycles. The summed E-state index contributed by atoms with van der Waals surface area (Å²) in [5, 5.41) is 22.9. The van der Waals surface area contributed by atoms with Crippen LogP contribution in [0.25, 0.3) is 11.4 Å². The molecule has 1 heterocycles. The Hall–Kier alpha value is -2.72. The fourth-order valence-electron chi connectivity index (χ4n) is 3.90. The van der Waals surface area contributed by atoms with Crippen LogP contribution in [0.3, 0.4) is 0 Å². The largest absolute Gasteiger partial charge is 0.507 e. The van der Waals surface area contributed by atoms with Gasteiger partial charge in [0.2, 0.25) is 0 Å². The van der Waals surface area contributed by atoms with Crippen LogP contribution in [-0.2, 0) is 0 Å². The van der Waals surface area contributed by atoms with Crippen molar-refractivity contribution in [2.24, 2.45) is 5.92 Å². The summed E-state index contributed by atoms with van der Waals surface area (Å²) < 4.78 is 13.7. The van der Waals surface area contributed by atoms with Gasteiger partial charge in [0.1, 0.15) is 29.0 Å². The topological polar surface area (TPSA) is 108 Å². The smallest absolute Gasteiger partial charge is 0.165 e. The van der Waals surface area contributed by atoms with Gasteiger partial charge < -0.3 is 16.2 Å². The molecule has 6 nitrogen and oxygen atoms in total. The molecule has 4 N–H and O–H groups in total. The lowest BCUT2D eigenvalue weighted by Gasteiger charge is -2.21. The molecule has 0 spiro atoms. The van der Waals surface area contributed by atoms with E-state index in [9.17, 15) is 14.8 Å². The number of nitrogen functional groups attached to an aromatic ring is 1. The van der Waals surface area contributed by atoms with E-state index in [-0.39, 0.29) is 34.4 Å². The van der Waals surface area contributed by atoms with Gasteiger partial charge >= 0.3 is 0 Å². The molecule has 1 fully saturated rings. The maximum Gasteiger partial charge on any atom is 0.165 e. The van der Waals surface area contributed by atoms with E-state index in [1.807, 2.05) is 7.05 Å². The molecule has 3 rings (SSSR count). The molecule has 1 aliphatic carbocycles. The van der Waals surface area contributed by atoms with Crippen molar-refractivity contribution in [2.45, 2.75) is 38.0 Å².